The van der Waals surface area contributed by atoms with Crippen LogP contribution in [0.3, 0.4) is 0 Å². The smallest absolute Gasteiger partial charge is 0.119 e. The van der Waals surface area contributed by atoms with E-state index in [-0.39, 0.29) is 5.92 Å². The first-order valence-electron chi connectivity index (χ1n) is 11.0. The van der Waals surface area contributed by atoms with Gasteiger partial charge in [0.2, 0.25) is 0 Å². The van der Waals surface area contributed by atoms with E-state index in [4.69, 9.17) is 4.98 Å². The summed E-state index contributed by atoms with van der Waals surface area (Å²) in [4.78, 5) is 8.70. The Hall–Kier alpha value is -4.17. The molecule has 0 fully saturated rings. The Morgan fingerprint density at radius 1 is 0.594 bits per heavy atom. The van der Waals surface area contributed by atoms with Gasteiger partial charge in [-0.3, -0.25) is 0 Å². The molecule has 0 atom stereocenters. The summed E-state index contributed by atoms with van der Waals surface area (Å²) in [6, 6.07) is 39.0. The lowest BCUT2D eigenvalue weighted by molar-refractivity contribution is 0.915. The molecule has 32 heavy (non-hydrogen) atoms. The number of nitrogens with zero attached hydrogens (tertiary/aromatic N) is 1. The zero-order chi connectivity index (χ0) is 21.1. The van der Waals surface area contributed by atoms with E-state index in [1.807, 2.05) is 0 Å². The third-order valence-corrected chi connectivity index (χ3v) is 6.71. The van der Waals surface area contributed by atoms with E-state index in [0.29, 0.717) is 0 Å². The van der Waals surface area contributed by atoms with E-state index < -0.39 is 0 Å². The molecule has 1 aliphatic rings. The van der Waals surface area contributed by atoms with Crippen LogP contribution in [-0.2, 0) is 0 Å². The fraction of sp³-hybridized carbons (Fsp3) is 0.0333. The highest BCUT2D eigenvalue weighted by molar-refractivity contribution is 5.98. The molecule has 2 heteroatoms. The van der Waals surface area contributed by atoms with Gasteiger partial charge in [-0.15, -0.1) is 0 Å². The number of nitrogens with one attached hydrogen (secondary N) is 1. The lowest BCUT2D eigenvalue weighted by Crippen LogP contribution is -2.01. The number of benzene rings is 5. The molecule has 6 aromatic rings. The topological polar surface area (TPSA) is 28.7 Å². The zero-order valence-electron chi connectivity index (χ0n) is 17.4. The first-order chi connectivity index (χ1) is 15.9. The van der Waals surface area contributed by atoms with E-state index in [0.717, 1.165) is 16.9 Å². The molecule has 0 bridgehead atoms. The van der Waals surface area contributed by atoms with Crippen LogP contribution in [0.4, 0.5) is 0 Å². The lowest BCUT2D eigenvalue weighted by atomic mass is 9.96. The van der Waals surface area contributed by atoms with Crippen LogP contribution in [0.5, 0.6) is 0 Å². The van der Waals surface area contributed by atoms with Crippen molar-refractivity contribution in [3.05, 3.63) is 126 Å². The van der Waals surface area contributed by atoms with Gasteiger partial charge in [-0.2, -0.15) is 0 Å². The van der Waals surface area contributed by atoms with Crippen LogP contribution < -0.4 is 0 Å². The van der Waals surface area contributed by atoms with Crippen LogP contribution in [0.2, 0.25) is 0 Å². The Balaban J connectivity index is 1.39. The number of hydrogen-bond acceptors (Lipinski definition) is 1. The van der Waals surface area contributed by atoms with E-state index in [1.54, 1.807) is 0 Å². The van der Waals surface area contributed by atoms with Gasteiger partial charge in [-0.1, -0.05) is 97.1 Å². The number of aromatic nitrogens is 2. The van der Waals surface area contributed by atoms with Crippen LogP contribution in [0.1, 0.15) is 22.9 Å². The molecule has 0 radical (unpaired) electrons. The monoisotopic (exact) mass is 408 g/mol. The van der Waals surface area contributed by atoms with Gasteiger partial charge < -0.3 is 4.98 Å². The highest BCUT2D eigenvalue weighted by Crippen LogP contribution is 2.47. The van der Waals surface area contributed by atoms with Gasteiger partial charge in [0.05, 0.1) is 17.0 Å². The molecule has 0 saturated heterocycles. The predicted molar refractivity (Wildman–Crippen MR) is 132 cm³/mol. The zero-order valence-corrected chi connectivity index (χ0v) is 17.4. The van der Waals surface area contributed by atoms with Crippen molar-refractivity contribution in [1.29, 1.82) is 0 Å². The molecule has 0 amide bonds. The number of imidazole rings is 1. The Kier molecular flexibility index (Phi) is 3.65. The summed E-state index contributed by atoms with van der Waals surface area (Å²) >= 11 is 0. The number of rotatable bonds is 2. The highest BCUT2D eigenvalue weighted by Gasteiger charge is 2.31. The molecule has 1 aliphatic carbocycles. The Labute approximate surface area is 186 Å². The summed E-state index contributed by atoms with van der Waals surface area (Å²) in [6.45, 7) is 0. The summed E-state index contributed by atoms with van der Waals surface area (Å²) in [7, 11) is 0. The van der Waals surface area contributed by atoms with Crippen molar-refractivity contribution < 1.29 is 0 Å². The van der Waals surface area contributed by atoms with Gasteiger partial charge in [0.25, 0.3) is 0 Å². The first-order valence-corrected chi connectivity index (χ1v) is 11.0. The SMILES string of the molecule is c1ccc2c(c1)-c1ccccc1C2c1nc2ccc(-c3cccc4ccccc34)cc2[nH]1. The third kappa shape index (κ3) is 2.50. The van der Waals surface area contributed by atoms with Gasteiger partial charge in [-0.25, -0.2) is 4.98 Å². The van der Waals surface area contributed by atoms with Gasteiger partial charge in [0.1, 0.15) is 5.82 Å². The standard InChI is InChI=1S/C30H20N2/c1-2-10-21-19(8-1)9-7-15-22(21)20-16-17-27-28(18-20)32-30(31-27)29-25-13-5-3-11-23(25)24-12-4-6-14-26(24)29/h1-18,29H,(H,31,32). The van der Waals surface area contributed by atoms with Crippen molar-refractivity contribution in [2.45, 2.75) is 5.92 Å². The van der Waals surface area contributed by atoms with Crippen molar-refractivity contribution in [3.8, 4) is 22.3 Å². The van der Waals surface area contributed by atoms with Crippen LogP contribution in [-0.4, -0.2) is 9.97 Å². The van der Waals surface area contributed by atoms with E-state index >= 15 is 0 Å². The van der Waals surface area contributed by atoms with Crippen LogP contribution in [0, 0.1) is 0 Å². The van der Waals surface area contributed by atoms with E-state index in [1.165, 1.54) is 44.2 Å². The molecule has 1 N–H and O–H groups in total. The minimum absolute atomic E-state index is 0.135. The average Bonchev–Trinajstić information content (AvgIpc) is 3.42. The molecule has 7 rings (SSSR count). The van der Waals surface area contributed by atoms with Crippen molar-refractivity contribution in [2.24, 2.45) is 0 Å². The maximum absolute atomic E-state index is 5.03. The normalized spacial score (nSPS) is 12.9. The van der Waals surface area contributed by atoms with Gasteiger partial charge >= 0.3 is 0 Å². The number of hydrogen-bond donors (Lipinski definition) is 1. The van der Waals surface area contributed by atoms with E-state index in [2.05, 4.69) is 114 Å². The molecule has 0 unspecified atom stereocenters. The van der Waals surface area contributed by atoms with Gasteiger partial charge in [-0.05, 0) is 56.3 Å². The van der Waals surface area contributed by atoms with Crippen molar-refractivity contribution in [2.75, 3.05) is 0 Å². The maximum Gasteiger partial charge on any atom is 0.119 e. The van der Waals surface area contributed by atoms with Gasteiger partial charge in [0.15, 0.2) is 0 Å². The van der Waals surface area contributed by atoms with Crippen molar-refractivity contribution in [1.82, 2.24) is 9.97 Å². The highest BCUT2D eigenvalue weighted by atomic mass is 14.9. The summed E-state index contributed by atoms with van der Waals surface area (Å²) in [5, 5.41) is 2.53. The second-order valence-corrected chi connectivity index (χ2v) is 8.49. The molecule has 0 spiro atoms. The van der Waals surface area contributed by atoms with Crippen LogP contribution in [0.25, 0.3) is 44.1 Å². The maximum atomic E-state index is 5.03. The first kappa shape index (κ1) is 17.5. The molecule has 150 valence electrons. The predicted octanol–water partition coefficient (Wildman–Crippen LogP) is 7.54. The fourth-order valence-electron chi connectivity index (χ4n) is 5.26. The second kappa shape index (κ2) is 6.66. The summed E-state index contributed by atoms with van der Waals surface area (Å²) < 4.78 is 0. The Bertz CT molecular complexity index is 1590. The fourth-order valence-corrected chi connectivity index (χ4v) is 5.26. The molecule has 0 saturated carbocycles. The summed E-state index contributed by atoms with van der Waals surface area (Å²) in [5.41, 5.74) is 9.80. The van der Waals surface area contributed by atoms with Gasteiger partial charge in [0, 0.05) is 0 Å². The molecule has 1 heterocycles. The molecule has 5 aromatic carbocycles. The summed E-state index contributed by atoms with van der Waals surface area (Å²) in [5.74, 6) is 1.14. The number of aromatic amines is 1. The second-order valence-electron chi connectivity index (χ2n) is 8.49. The largest absolute Gasteiger partial charge is 0.341 e. The minimum Gasteiger partial charge on any atom is -0.341 e. The van der Waals surface area contributed by atoms with Crippen LogP contribution >= 0.6 is 0 Å². The minimum atomic E-state index is 0.135. The van der Waals surface area contributed by atoms with E-state index in [9.17, 15) is 0 Å². The van der Waals surface area contributed by atoms with Crippen LogP contribution in [0.15, 0.2) is 109 Å². The quantitative estimate of drug-likeness (QED) is 0.314. The lowest BCUT2D eigenvalue weighted by Gasteiger charge is -2.10. The average molecular weight is 409 g/mol. The number of H-pyrrole nitrogens is 1. The summed E-state index contributed by atoms with van der Waals surface area (Å²) in [6.07, 6.45) is 0. The Morgan fingerprint density at radius 2 is 1.25 bits per heavy atom. The molecule has 1 aromatic heterocycles. The Morgan fingerprint density at radius 3 is 2.06 bits per heavy atom. The molecule has 0 aliphatic heterocycles. The molecular weight excluding hydrogens is 388 g/mol. The van der Waals surface area contributed by atoms with Crippen molar-refractivity contribution >= 4 is 21.8 Å². The molecule has 2 nitrogen and oxygen atoms in total. The number of fused-ring (bicyclic) bond motifs is 5. The van der Waals surface area contributed by atoms with Crippen molar-refractivity contribution in [3.63, 3.8) is 0 Å². The third-order valence-electron chi connectivity index (χ3n) is 6.71. The molecular formula is C30H20N2.